The summed E-state index contributed by atoms with van der Waals surface area (Å²) >= 11 is 0. The second kappa shape index (κ2) is 5.36. The van der Waals surface area contributed by atoms with Gasteiger partial charge in [-0.3, -0.25) is 4.79 Å². The number of rotatable bonds is 4. The molecule has 1 aliphatic rings. The Balaban J connectivity index is 2.67. The summed E-state index contributed by atoms with van der Waals surface area (Å²) in [5.74, 6) is 0.766. The Morgan fingerprint density at radius 1 is 1.41 bits per heavy atom. The van der Waals surface area contributed by atoms with Crippen LogP contribution in [0.1, 0.15) is 27.7 Å². The van der Waals surface area contributed by atoms with Gasteiger partial charge in [0.1, 0.15) is 0 Å². The summed E-state index contributed by atoms with van der Waals surface area (Å²) in [7, 11) is 4.18. The minimum absolute atomic E-state index is 0.218. The van der Waals surface area contributed by atoms with Gasteiger partial charge in [0.2, 0.25) is 5.91 Å². The predicted molar refractivity (Wildman–Crippen MR) is 71.0 cm³/mol. The topological polar surface area (TPSA) is 35.6 Å². The summed E-state index contributed by atoms with van der Waals surface area (Å²) in [6.45, 7) is 10.7. The van der Waals surface area contributed by atoms with Crippen LogP contribution in [0.15, 0.2) is 0 Å². The van der Waals surface area contributed by atoms with Gasteiger partial charge in [0, 0.05) is 19.1 Å². The van der Waals surface area contributed by atoms with Gasteiger partial charge in [-0.05, 0) is 40.4 Å². The minimum Gasteiger partial charge on any atom is -0.339 e. The number of carbonyl (C=O) groups is 1. The van der Waals surface area contributed by atoms with E-state index in [9.17, 15) is 4.79 Å². The van der Waals surface area contributed by atoms with E-state index >= 15 is 0 Å². The predicted octanol–water partition coefficient (Wildman–Crippen LogP) is 0.783. The van der Waals surface area contributed by atoms with E-state index in [4.69, 9.17) is 0 Å². The number of hydrogen-bond acceptors (Lipinski definition) is 3. The number of likely N-dealkylation sites (tertiary alicyclic amines) is 1. The molecule has 17 heavy (non-hydrogen) atoms. The molecule has 0 aromatic heterocycles. The van der Waals surface area contributed by atoms with Gasteiger partial charge in [-0.2, -0.15) is 0 Å². The molecule has 1 N–H and O–H groups in total. The first-order valence-corrected chi connectivity index (χ1v) is 6.50. The molecular weight excluding hydrogens is 214 g/mol. The number of carbonyl (C=O) groups excluding carboxylic acids is 1. The number of hydrogen-bond donors (Lipinski definition) is 1. The number of nitrogens with zero attached hydrogens (tertiary/aromatic N) is 2. The van der Waals surface area contributed by atoms with Crippen molar-refractivity contribution in [2.45, 2.75) is 39.3 Å². The third kappa shape index (κ3) is 3.19. The molecule has 1 amide bonds. The zero-order valence-corrected chi connectivity index (χ0v) is 12.1. The third-order valence-electron chi connectivity index (χ3n) is 3.68. The molecule has 1 aliphatic heterocycles. The van der Waals surface area contributed by atoms with Crippen LogP contribution in [0.3, 0.4) is 0 Å². The van der Waals surface area contributed by atoms with Gasteiger partial charge in [0.25, 0.3) is 0 Å². The largest absolute Gasteiger partial charge is 0.339 e. The van der Waals surface area contributed by atoms with Crippen molar-refractivity contribution < 1.29 is 4.79 Å². The van der Waals surface area contributed by atoms with Crippen molar-refractivity contribution in [1.82, 2.24) is 15.1 Å². The number of nitrogens with one attached hydrogen (secondary N) is 1. The van der Waals surface area contributed by atoms with Gasteiger partial charge in [0.05, 0.1) is 5.54 Å². The van der Waals surface area contributed by atoms with Crippen LogP contribution in [0.5, 0.6) is 0 Å². The maximum absolute atomic E-state index is 12.4. The maximum atomic E-state index is 12.4. The highest BCUT2D eigenvalue weighted by Crippen LogP contribution is 2.22. The Bertz CT molecular complexity index is 276. The SMILES string of the molecule is CCNC(C)(C)C(=O)N1CC(C)C(N(C)C)C1. The fourth-order valence-corrected chi connectivity index (χ4v) is 2.70. The fraction of sp³-hybridized carbons (Fsp3) is 0.923. The van der Waals surface area contributed by atoms with E-state index in [-0.39, 0.29) is 5.91 Å². The van der Waals surface area contributed by atoms with Crippen molar-refractivity contribution in [3.63, 3.8) is 0 Å². The van der Waals surface area contributed by atoms with Crippen molar-refractivity contribution in [2.24, 2.45) is 5.92 Å². The summed E-state index contributed by atoms with van der Waals surface area (Å²) < 4.78 is 0. The Kier molecular flexibility index (Phi) is 4.55. The molecule has 0 aliphatic carbocycles. The lowest BCUT2D eigenvalue weighted by Crippen LogP contribution is -2.53. The Hall–Kier alpha value is -0.610. The van der Waals surface area contributed by atoms with Crippen LogP contribution in [0.25, 0.3) is 0 Å². The lowest BCUT2D eigenvalue weighted by molar-refractivity contribution is -0.136. The molecule has 2 unspecified atom stereocenters. The first-order chi connectivity index (χ1) is 7.79. The highest BCUT2D eigenvalue weighted by molar-refractivity contribution is 5.85. The van der Waals surface area contributed by atoms with Crippen molar-refractivity contribution in [1.29, 1.82) is 0 Å². The molecule has 2 atom stereocenters. The van der Waals surface area contributed by atoms with E-state index in [0.717, 1.165) is 19.6 Å². The van der Waals surface area contributed by atoms with Gasteiger partial charge in [-0.1, -0.05) is 13.8 Å². The molecule has 1 rings (SSSR count). The van der Waals surface area contributed by atoms with Crippen LogP contribution in [-0.2, 0) is 4.79 Å². The van der Waals surface area contributed by atoms with Gasteiger partial charge in [-0.15, -0.1) is 0 Å². The van der Waals surface area contributed by atoms with Crippen LogP contribution in [-0.4, -0.2) is 61.0 Å². The van der Waals surface area contributed by atoms with Crippen LogP contribution < -0.4 is 5.32 Å². The van der Waals surface area contributed by atoms with Crippen molar-refractivity contribution in [2.75, 3.05) is 33.7 Å². The average molecular weight is 241 g/mol. The molecule has 4 heteroatoms. The van der Waals surface area contributed by atoms with E-state index in [1.165, 1.54) is 0 Å². The summed E-state index contributed by atoms with van der Waals surface area (Å²) in [6, 6.07) is 0.483. The smallest absolute Gasteiger partial charge is 0.242 e. The molecule has 0 aromatic carbocycles. The molecule has 0 bridgehead atoms. The van der Waals surface area contributed by atoms with Crippen molar-refractivity contribution >= 4 is 5.91 Å². The zero-order valence-electron chi connectivity index (χ0n) is 12.1. The quantitative estimate of drug-likeness (QED) is 0.790. The lowest BCUT2D eigenvalue weighted by Gasteiger charge is -2.30. The zero-order chi connectivity index (χ0) is 13.2. The van der Waals surface area contributed by atoms with E-state index in [2.05, 4.69) is 31.2 Å². The van der Waals surface area contributed by atoms with Gasteiger partial charge in [-0.25, -0.2) is 0 Å². The lowest BCUT2D eigenvalue weighted by atomic mass is 10.0. The molecular formula is C13H27N3O. The maximum Gasteiger partial charge on any atom is 0.242 e. The standard InChI is InChI=1S/C13H27N3O/c1-7-14-13(3,4)12(17)16-8-10(2)11(9-16)15(5)6/h10-11,14H,7-9H2,1-6H3. The molecule has 1 saturated heterocycles. The summed E-state index contributed by atoms with van der Waals surface area (Å²) in [4.78, 5) is 16.6. The summed E-state index contributed by atoms with van der Waals surface area (Å²) in [5.41, 5.74) is -0.449. The van der Waals surface area contributed by atoms with Crippen LogP contribution >= 0.6 is 0 Å². The molecule has 0 spiro atoms. The minimum atomic E-state index is -0.449. The molecule has 0 radical (unpaired) electrons. The second-order valence-electron chi connectivity index (χ2n) is 5.87. The van der Waals surface area contributed by atoms with E-state index in [0.29, 0.717) is 12.0 Å². The van der Waals surface area contributed by atoms with Crippen molar-refractivity contribution in [3.05, 3.63) is 0 Å². The van der Waals surface area contributed by atoms with Gasteiger partial charge in [0.15, 0.2) is 0 Å². The van der Waals surface area contributed by atoms with Crippen molar-refractivity contribution in [3.8, 4) is 0 Å². The average Bonchev–Trinajstić information content (AvgIpc) is 2.59. The first kappa shape index (κ1) is 14.5. The monoisotopic (exact) mass is 241 g/mol. The molecule has 0 aromatic rings. The van der Waals surface area contributed by atoms with Crippen LogP contribution in [0, 0.1) is 5.92 Å². The Morgan fingerprint density at radius 2 is 2.00 bits per heavy atom. The molecule has 4 nitrogen and oxygen atoms in total. The molecule has 1 heterocycles. The summed E-state index contributed by atoms with van der Waals surface area (Å²) in [6.07, 6.45) is 0. The number of amides is 1. The Labute approximate surface area is 105 Å². The van der Waals surface area contributed by atoms with E-state index in [1.807, 2.05) is 25.7 Å². The van der Waals surface area contributed by atoms with E-state index < -0.39 is 5.54 Å². The van der Waals surface area contributed by atoms with Crippen LogP contribution in [0.2, 0.25) is 0 Å². The van der Waals surface area contributed by atoms with E-state index in [1.54, 1.807) is 0 Å². The normalized spacial score (nSPS) is 25.7. The molecule has 100 valence electrons. The Morgan fingerprint density at radius 3 is 2.41 bits per heavy atom. The number of likely N-dealkylation sites (N-methyl/N-ethyl adjacent to an activating group) is 2. The third-order valence-corrected chi connectivity index (χ3v) is 3.68. The second-order valence-corrected chi connectivity index (χ2v) is 5.87. The molecule has 0 saturated carbocycles. The van der Waals surface area contributed by atoms with Crippen LogP contribution in [0.4, 0.5) is 0 Å². The highest BCUT2D eigenvalue weighted by Gasteiger charge is 2.38. The fourth-order valence-electron chi connectivity index (χ4n) is 2.70. The molecule has 1 fully saturated rings. The highest BCUT2D eigenvalue weighted by atomic mass is 16.2. The first-order valence-electron chi connectivity index (χ1n) is 6.50. The van der Waals surface area contributed by atoms with Gasteiger partial charge >= 0.3 is 0 Å². The van der Waals surface area contributed by atoms with Gasteiger partial charge < -0.3 is 15.1 Å². The summed E-state index contributed by atoms with van der Waals surface area (Å²) in [5, 5.41) is 3.25.